The molecule has 0 unspecified atom stereocenters. The van der Waals surface area contributed by atoms with Crippen molar-refractivity contribution in [2.45, 2.75) is 12.8 Å². The van der Waals surface area contributed by atoms with Crippen molar-refractivity contribution in [2.24, 2.45) is 0 Å². The van der Waals surface area contributed by atoms with Crippen LogP contribution in [0.5, 0.6) is 0 Å². The molecule has 1 N–H and O–H groups in total. The van der Waals surface area contributed by atoms with Gasteiger partial charge in [0.25, 0.3) is 0 Å². The number of nitrogens with one attached hydrogen (secondary N) is 1. The molecule has 0 saturated heterocycles. The molecule has 0 bridgehead atoms. The van der Waals surface area contributed by atoms with Gasteiger partial charge in [-0.05, 0) is 18.1 Å². The summed E-state index contributed by atoms with van der Waals surface area (Å²) in [5.74, 6) is 0.535. The summed E-state index contributed by atoms with van der Waals surface area (Å²) in [6.07, 6.45) is 1.84. The van der Waals surface area contributed by atoms with Gasteiger partial charge in [-0.2, -0.15) is 0 Å². The van der Waals surface area contributed by atoms with E-state index in [1.54, 1.807) is 0 Å². The highest BCUT2D eigenvalue weighted by atomic mass is 35.5. The van der Waals surface area contributed by atoms with Crippen LogP contribution < -0.4 is 0 Å². The van der Waals surface area contributed by atoms with Crippen LogP contribution in [0.4, 0.5) is 0 Å². The summed E-state index contributed by atoms with van der Waals surface area (Å²) in [5.41, 5.74) is 2.15. The molecular formula is C7H8ClNS. The van der Waals surface area contributed by atoms with Gasteiger partial charge >= 0.3 is 0 Å². The number of aromatic amines is 1. The normalized spacial score (nSPS) is 9.80. The zero-order valence-corrected chi connectivity index (χ0v) is 7.22. The van der Waals surface area contributed by atoms with E-state index in [2.05, 4.69) is 4.98 Å². The van der Waals surface area contributed by atoms with Gasteiger partial charge in [0.15, 0.2) is 0 Å². The second-order valence-electron chi connectivity index (χ2n) is 2.15. The number of halogens is 1. The van der Waals surface area contributed by atoms with Gasteiger partial charge in [-0.25, -0.2) is 0 Å². The van der Waals surface area contributed by atoms with E-state index in [9.17, 15) is 0 Å². The van der Waals surface area contributed by atoms with E-state index in [4.69, 9.17) is 23.8 Å². The zero-order valence-electron chi connectivity index (χ0n) is 5.65. The minimum atomic E-state index is 0.535. The minimum absolute atomic E-state index is 0.535. The van der Waals surface area contributed by atoms with Gasteiger partial charge in [0, 0.05) is 12.1 Å². The second kappa shape index (κ2) is 3.17. The van der Waals surface area contributed by atoms with Crippen LogP contribution in [0.1, 0.15) is 11.1 Å². The SMILES string of the molecule is Cc1cc(CCl)c[nH]c1=S. The first kappa shape index (κ1) is 7.76. The molecule has 0 fully saturated rings. The second-order valence-corrected chi connectivity index (χ2v) is 2.83. The molecule has 0 atom stereocenters. The van der Waals surface area contributed by atoms with Crippen molar-refractivity contribution < 1.29 is 0 Å². The van der Waals surface area contributed by atoms with E-state index < -0.39 is 0 Å². The molecule has 1 aromatic heterocycles. The smallest absolute Gasteiger partial charge is 0.106 e. The topological polar surface area (TPSA) is 15.8 Å². The molecule has 0 radical (unpaired) electrons. The zero-order chi connectivity index (χ0) is 7.56. The average Bonchev–Trinajstić information content (AvgIpc) is 1.95. The Hall–Kier alpha value is -0.340. The van der Waals surface area contributed by atoms with Crippen LogP contribution in [0.2, 0.25) is 0 Å². The quantitative estimate of drug-likeness (QED) is 0.510. The number of aryl methyl sites for hydroxylation is 1. The van der Waals surface area contributed by atoms with Crippen molar-refractivity contribution in [3.8, 4) is 0 Å². The predicted molar refractivity (Wildman–Crippen MR) is 45.9 cm³/mol. The Balaban J connectivity index is 3.17. The molecule has 0 saturated carbocycles. The molecule has 0 aliphatic heterocycles. The lowest BCUT2D eigenvalue weighted by molar-refractivity contribution is 1.18. The number of hydrogen-bond donors (Lipinski definition) is 1. The number of hydrogen-bond acceptors (Lipinski definition) is 1. The summed E-state index contributed by atoms with van der Waals surface area (Å²) in [4.78, 5) is 2.95. The van der Waals surface area contributed by atoms with Crippen LogP contribution in [0.15, 0.2) is 12.3 Å². The average molecular weight is 174 g/mol. The van der Waals surface area contributed by atoms with Crippen LogP contribution in [-0.2, 0) is 5.88 Å². The Labute approximate surface area is 70.0 Å². The monoisotopic (exact) mass is 173 g/mol. The van der Waals surface area contributed by atoms with E-state index >= 15 is 0 Å². The Kier molecular flexibility index (Phi) is 2.46. The summed E-state index contributed by atoms with van der Waals surface area (Å²) in [6, 6.07) is 1.99. The molecular weight excluding hydrogens is 166 g/mol. The summed E-state index contributed by atoms with van der Waals surface area (Å²) in [7, 11) is 0. The molecule has 0 aliphatic carbocycles. The van der Waals surface area contributed by atoms with Crippen LogP contribution in [0.3, 0.4) is 0 Å². The fraction of sp³-hybridized carbons (Fsp3) is 0.286. The van der Waals surface area contributed by atoms with Gasteiger partial charge in [-0.1, -0.05) is 18.3 Å². The van der Waals surface area contributed by atoms with Gasteiger partial charge in [0.05, 0.1) is 0 Å². The summed E-state index contributed by atoms with van der Waals surface area (Å²) >= 11 is 10.6. The third-order valence-electron chi connectivity index (χ3n) is 1.30. The lowest BCUT2D eigenvalue weighted by atomic mass is 10.2. The Morgan fingerprint density at radius 2 is 2.40 bits per heavy atom. The first-order valence-corrected chi connectivity index (χ1v) is 3.92. The third-order valence-corrected chi connectivity index (χ3v) is 2.05. The molecule has 3 heteroatoms. The van der Waals surface area contributed by atoms with Crippen molar-refractivity contribution in [3.63, 3.8) is 0 Å². The fourth-order valence-electron chi connectivity index (χ4n) is 0.735. The largest absolute Gasteiger partial charge is 0.352 e. The third kappa shape index (κ3) is 1.58. The summed E-state index contributed by atoms with van der Waals surface area (Å²) in [6.45, 7) is 1.97. The Morgan fingerprint density at radius 1 is 1.70 bits per heavy atom. The highest BCUT2D eigenvalue weighted by molar-refractivity contribution is 7.71. The number of H-pyrrole nitrogens is 1. The van der Waals surface area contributed by atoms with Crippen molar-refractivity contribution in [2.75, 3.05) is 0 Å². The summed E-state index contributed by atoms with van der Waals surface area (Å²) < 4.78 is 0.786. The fourth-order valence-corrected chi connectivity index (χ4v) is 1.01. The van der Waals surface area contributed by atoms with E-state index in [0.717, 1.165) is 15.8 Å². The first-order valence-electron chi connectivity index (χ1n) is 2.98. The molecule has 54 valence electrons. The van der Waals surface area contributed by atoms with Gasteiger partial charge in [0.2, 0.25) is 0 Å². The Morgan fingerprint density at radius 3 is 2.90 bits per heavy atom. The molecule has 10 heavy (non-hydrogen) atoms. The maximum absolute atomic E-state index is 5.60. The van der Waals surface area contributed by atoms with Crippen molar-refractivity contribution in [3.05, 3.63) is 28.0 Å². The molecule has 0 aliphatic rings. The predicted octanol–water partition coefficient (Wildman–Crippen LogP) is 2.79. The van der Waals surface area contributed by atoms with Crippen molar-refractivity contribution >= 4 is 23.8 Å². The van der Waals surface area contributed by atoms with Crippen LogP contribution in [-0.4, -0.2) is 4.98 Å². The standard InChI is InChI=1S/C7H8ClNS/c1-5-2-6(3-8)4-9-7(5)10/h2,4H,3H2,1H3,(H,9,10). The maximum atomic E-state index is 5.60. The van der Waals surface area contributed by atoms with E-state index in [1.165, 1.54) is 0 Å². The van der Waals surface area contributed by atoms with Gasteiger partial charge in [-0.3, -0.25) is 0 Å². The highest BCUT2D eigenvalue weighted by Crippen LogP contribution is 2.05. The number of rotatable bonds is 1. The lowest BCUT2D eigenvalue weighted by Crippen LogP contribution is -1.84. The molecule has 1 rings (SSSR count). The van der Waals surface area contributed by atoms with E-state index in [-0.39, 0.29) is 0 Å². The lowest BCUT2D eigenvalue weighted by Gasteiger charge is -1.96. The van der Waals surface area contributed by atoms with Crippen LogP contribution in [0, 0.1) is 11.6 Å². The first-order chi connectivity index (χ1) is 4.74. The molecule has 0 amide bonds. The van der Waals surface area contributed by atoms with Gasteiger partial charge in [0.1, 0.15) is 4.64 Å². The van der Waals surface area contributed by atoms with E-state index in [1.807, 2.05) is 19.2 Å². The van der Waals surface area contributed by atoms with Crippen molar-refractivity contribution in [1.82, 2.24) is 4.98 Å². The van der Waals surface area contributed by atoms with Gasteiger partial charge < -0.3 is 4.98 Å². The minimum Gasteiger partial charge on any atom is -0.352 e. The molecule has 0 aromatic carbocycles. The molecule has 1 heterocycles. The molecule has 1 aromatic rings. The van der Waals surface area contributed by atoms with Crippen LogP contribution in [0.25, 0.3) is 0 Å². The van der Waals surface area contributed by atoms with Crippen molar-refractivity contribution in [1.29, 1.82) is 0 Å². The number of pyridine rings is 1. The van der Waals surface area contributed by atoms with Crippen LogP contribution >= 0.6 is 23.8 Å². The molecule has 1 nitrogen and oxygen atoms in total. The number of aromatic nitrogens is 1. The highest BCUT2D eigenvalue weighted by Gasteiger charge is 1.91. The van der Waals surface area contributed by atoms with Gasteiger partial charge in [-0.15, -0.1) is 11.6 Å². The summed E-state index contributed by atoms with van der Waals surface area (Å²) in [5, 5.41) is 0. The maximum Gasteiger partial charge on any atom is 0.106 e. The Bertz CT molecular complexity index is 279. The number of alkyl halides is 1. The molecule has 0 spiro atoms. The van der Waals surface area contributed by atoms with E-state index in [0.29, 0.717) is 5.88 Å².